The number of nitrogens with zero attached hydrogens (tertiary/aromatic N) is 3. The smallest absolute Gasteiger partial charge is 0.412 e. The summed E-state index contributed by atoms with van der Waals surface area (Å²) in [6.45, 7) is 2.50. The number of carbonyl (C=O) groups is 2. The molecule has 1 amide bonds. The summed E-state index contributed by atoms with van der Waals surface area (Å²) in [6, 6.07) is 13.9. The van der Waals surface area contributed by atoms with Crippen LogP contribution in [0.4, 0.5) is 10.5 Å². The van der Waals surface area contributed by atoms with Gasteiger partial charge in [0.05, 0.1) is 16.7 Å². The predicted octanol–water partition coefficient (Wildman–Crippen LogP) is 4.04. The van der Waals surface area contributed by atoms with Crippen LogP contribution < -0.4 is 4.90 Å². The molecule has 1 atom stereocenters. The predicted molar refractivity (Wildman–Crippen MR) is 108 cm³/mol. The van der Waals surface area contributed by atoms with Crippen molar-refractivity contribution < 1.29 is 14.7 Å². The molecule has 0 unspecified atom stereocenters. The number of aryl methyl sites for hydroxylation is 2. The topological polar surface area (TPSA) is 75.4 Å². The van der Waals surface area contributed by atoms with Gasteiger partial charge in [-0.2, -0.15) is 0 Å². The van der Waals surface area contributed by atoms with Crippen LogP contribution in [0.15, 0.2) is 42.5 Å². The summed E-state index contributed by atoms with van der Waals surface area (Å²) in [5.41, 5.74) is 4.68. The Kier molecular flexibility index (Phi) is 4.86. The van der Waals surface area contributed by atoms with Crippen LogP contribution in [0, 0.1) is 0 Å². The third kappa shape index (κ3) is 3.15. The molecule has 0 aliphatic carbocycles. The third-order valence-corrected chi connectivity index (χ3v) is 5.47. The maximum atomic E-state index is 11.8. The van der Waals surface area contributed by atoms with Gasteiger partial charge >= 0.3 is 6.09 Å². The van der Waals surface area contributed by atoms with Crippen molar-refractivity contribution >= 4 is 29.1 Å². The van der Waals surface area contributed by atoms with Gasteiger partial charge in [0.2, 0.25) is 0 Å². The molecule has 0 spiro atoms. The van der Waals surface area contributed by atoms with Gasteiger partial charge in [-0.05, 0) is 37.5 Å². The summed E-state index contributed by atoms with van der Waals surface area (Å²) in [5.74, 6) is 0.900. The zero-order valence-electron chi connectivity index (χ0n) is 15.8. The molecule has 144 valence electrons. The van der Waals surface area contributed by atoms with Crippen LogP contribution in [0.1, 0.15) is 36.7 Å². The fraction of sp³-hybridized carbons (Fsp3) is 0.318. The Morgan fingerprint density at radius 3 is 2.75 bits per heavy atom. The second-order valence-electron chi connectivity index (χ2n) is 7.27. The Bertz CT molecular complexity index is 1030. The molecule has 1 aliphatic rings. The second kappa shape index (κ2) is 7.46. The van der Waals surface area contributed by atoms with Gasteiger partial charge in [-0.3, -0.25) is 4.90 Å². The molecule has 28 heavy (non-hydrogen) atoms. The molecule has 2 heterocycles. The molecule has 1 aromatic heterocycles. The molecule has 0 saturated carbocycles. The Morgan fingerprint density at radius 2 is 2.04 bits per heavy atom. The number of hydrogen-bond acceptors (Lipinski definition) is 3. The highest BCUT2D eigenvalue weighted by molar-refractivity contribution is 5.94. The molecule has 2 aromatic carbocycles. The lowest BCUT2D eigenvalue weighted by atomic mass is 9.96. The van der Waals surface area contributed by atoms with Crippen molar-refractivity contribution in [1.29, 1.82) is 0 Å². The highest BCUT2D eigenvalue weighted by Gasteiger charge is 2.30. The van der Waals surface area contributed by atoms with Crippen LogP contribution in [0.5, 0.6) is 0 Å². The number of aromatic nitrogens is 2. The summed E-state index contributed by atoms with van der Waals surface area (Å²) >= 11 is 0. The first-order valence-electron chi connectivity index (χ1n) is 9.61. The van der Waals surface area contributed by atoms with Crippen molar-refractivity contribution in [3.63, 3.8) is 0 Å². The van der Waals surface area contributed by atoms with Gasteiger partial charge in [-0.1, -0.05) is 30.3 Å². The average molecular weight is 377 g/mol. The Labute approximate surface area is 163 Å². The van der Waals surface area contributed by atoms with E-state index in [0.717, 1.165) is 52.8 Å². The number of carbonyl (C=O) groups excluding carboxylic acids is 1. The molecule has 0 fully saturated rings. The lowest BCUT2D eigenvalue weighted by Gasteiger charge is -2.33. The van der Waals surface area contributed by atoms with E-state index in [2.05, 4.69) is 16.7 Å². The third-order valence-electron chi connectivity index (χ3n) is 5.47. The van der Waals surface area contributed by atoms with Crippen molar-refractivity contribution in [2.45, 2.75) is 45.2 Å². The number of amides is 1. The zero-order valence-corrected chi connectivity index (χ0v) is 15.8. The van der Waals surface area contributed by atoms with Gasteiger partial charge in [-0.15, -0.1) is 0 Å². The van der Waals surface area contributed by atoms with Crippen LogP contribution in [-0.2, 0) is 24.2 Å². The van der Waals surface area contributed by atoms with Crippen molar-refractivity contribution in [2.75, 3.05) is 4.90 Å². The highest BCUT2D eigenvalue weighted by atomic mass is 16.4. The van der Waals surface area contributed by atoms with E-state index in [9.17, 15) is 14.7 Å². The molecule has 4 rings (SSSR count). The van der Waals surface area contributed by atoms with Crippen LogP contribution >= 0.6 is 0 Å². The fourth-order valence-electron chi connectivity index (χ4n) is 4.11. The van der Waals surface area contributed by atoms with E-state index in [4.69, 9.17) is 4.98 Å². The van der Waals surface area contributed by atoms with Gasteiger partial charge in [0, 0.05) is 31.0 Å². The van der Waals surface area contributed by atoms with Crippen LogP contribution in [0.3, 0.4) is 0 Å². The lowest BCUT2D eigenvalue weighted by Crippen LogP contribution is -2.41. The summed E-state index contributed by atoms with van der Waals surface area (Å²) in [6.07, 6.45) is 2.65. The maximum absolute atomic E-state index is 11.8. The van der Waals surface area contributed by atoms with E-state index in [1.54, 1.807) is 0 Å². The average Bonchev–Trinajstić information content (AvgIpc) is 3.03. The monoisotopic (exact) mass is 377 g/mol. The van der Waals surface area contributed by atoms with Gasteiger partial charge in [0.25, 0.3) is 0 Å². The molecule has 6 heteroatoms. The number of benzene rings is 2. The molecule has 3 aromatic rings. The number of anilines is 1. The zero-order chi connectivity index (χ0) is 19.7. The van der Waals surface area contributed by atoms with Crippen molar-refractivity contribution in [3.8, 4) is 0 Å². The number of imidazole rings is 1. The van der Waals surface area contributed by atoms with Crippen LogP contribution in [0.25, 0.3) is 11.0 Å². The van der Waals surface area contributed by atoms with Gasteiger partial charge in [0.1, 0.15) is 12.1 Å². The number of rotatable bonds is 5. The molecule has 1 N–H and O–H groups in total. The Morgan fingerprint density at radius 1 is 1.25 bits per heavy atom. The molecule has 0 saturated heterocycles. The first-order valence-corrected chi connectivity index (χ1v) is 9.61. The van der Waals surface area contributed by atoms with Gasteiger partial charge < -0.3 is 14.5 Å². The van der Waals surface area contributed by atoms with E-state index in [-0.39, 0.29) is 6.04 Å². The molecule has 0 radical (unpaired) electrons. The van der Waals surface area contributed by atoms with E-state index >= 15 is 0 Å². The van der Waals surface area contributed by atoms with Crippen LogP contribution in [-0.4, -0.2) is 33.1 Å². The molecule has 6 nitrogen and oxygen atoms in total. The molecule has 0 bridgehead atoms. The number of aldehydes is 1. The maximum Gasteiger partial charge on any atom is 0.412 e. The number of fused-ring (bicyclic) bond motifs is 3. The standard InChI is InChI=1S/C22H23N3O3/c1-15-8-9-17-18(25(15)22(27)28)10-11-19-21(17)23-20(24(19)12-5-13-26)14-16-6-3-2-4-7-16/h2-4,6-7,10-11,13,15H,5,8-9,12,14H2,1H3,(H,27,28)/t15-/m0/s1. The first kappa shape index (κ1) is 18.2. The summed E-state index contributed by atoms with van der Waals surface area (Å²) in [7, 11) is 0. The van der Waals surface area contributed by atoms with Crippen molar-refractivity contribution in [2.24, 2.45) is 0 Å². The van der Waals surface area contributed by atoms with Crippen molar-refractivity contribution in [1.82, 2.24) is 9.55 Å². The normalized spacial score (nSPS) is 16.2. The Balaban J connectivity index is 1.85. The quantitative estimate of drug-likeness (QED) is 0.681. The SMILES string of the molecule is C[C@H]1CCc2c(ccc3c2nc(Cc2ccccc2)n3CCC=O)N1C(=O)O. The van der Waals surface area contributed by atoms with E-state index in [0.29, 0.717) is 19.4 Å². The number of carboxylic acid groups (broad SMARTS) is 1. The Hall–Kier alpha value is -3.15. The molecular weight excluding hydrogens is 354 g/mol. The summed E-state index contributed by atoms with van der Waals surface area (Å²) in [4.78, 5) is 29.1. The summed E-state index contributed by atoms with van der Waals surface area (Å²) in [5, 5.41) is 9.66. The number of hydrogen-bond donors (Lipinski definition) is 1. The van der Waals surface area contributed by atoms with E-state index in [1.165, 1.54) is 4.90 Å². The van der Waals surface area contributed by atoms with E-state index in [1.807, 2.05) is 37.3 Å². The largest absolute Gasteiger partial charge is 0.465 e. The molecular formula is C22H23N3O3. The second-order valence-corrected chi connectivity index (χ2v) is 7.27. The molecule has 1 aliphatic heterocycles. The highest BCUT2D eigenvalue weighted by Crippen LogP contribution is 2.36. The van der Waals surface area contributed by atoms with Gasteiger partial charge in [0.15, 0.2) is 0 Å². The minimum Gasteiger partial charge on any atom is -0.465 e. The van der Waals surface area contributed by atoms with E-state index < -0.39 is 6.09 Å². The van der Waals surface area contributed by atoms with Crippen LogP contribution in [0.2, 0.25) is 0 Å². The minimum absolute atomic E-state index is 0.0524. The minimum atomic E-state index is -0.933. The van der Waals surface area contributed by atoms with Crippen molar-refractivity contribution in [3.05, 3.63) is 59.4 Å². The lowest BCUT2D eigenvalue weighted by molar-refractivity contribution is -0.108. The summed E-state index contributed by atoms with van der Waals surface area (Å²) < 4.78 is 2.10. The fourth-order valence-corrected chi connectivity index (χ4v) is 4.11. The first-order chi connectivity index (χ1) is 13.6. The van der Waals surface area contributed by atoms with Gasteiger partial charge in [-0.25, -0.2) is 9.78 Å².